The number of nitrogens with one attached hydrogen (secondary N) is 2. The van der Waals surface area contributed by atoms with Gasteiger partial charge in [-0.25, -0.2) is 9.67 Å². The first-order valence-corrected chi connectivity index (χ1v) is 9.04. The fraction of sp³-hybridized carbons (Fsp3) is 0.350. The molecule has 0 saturated heterocycles. The highest BCUT2D eigenvalue weighted by molar-refractivity contribution is 5.34. The highest BCUT2D eigenvalue weighted by Crippen LogP contribution is 2.12. The van der Waals surface area contributed by atoms with E-state index >= 15 is 0 Å². The minimum absolute atomic E-state index is 0.121. The van der Waals surface area contributed by atoms with Gasteiger partial charge in [-0.15, -0.1) is 0 Å². The van der Waals surface area contributed by atoms with Crippen LogP contribution in [0.4, 0.5) is 0 Å². The number of hydrogen-bond donors (Lipinski definition) is 2. The quantitative estimate of drug-likeness (QED) is 0.654. The third kappa shape index (κ3) is 4.89. The second-order valence-corrected chi connectivity index (χ2v) is 6.50. The molecule has 0 aliphatic rings. The average molecular weight is 351 g/mol. The van der Waals surface area contributed by atoms with Crippen molar-refractivity contribution in [2.24, 2.45) is 0 Å². The van der Waals surface area contributed by atoms with Crippen LogP contribution < -0.4 is 10.9 Å². The Labute approximate surface area is 153 Å². The fourth-order valence-electron chi connectivity index (χ4n) is 2.84. The van der Waals surface area contributed by atoms with Crippen LogP contribution in [0.25, 0.3) is 5.69 Å². The molecule has 0 bridgehead atoms. The van der Waals surface area contributed by atoms with Crippen LogP contribution in [-0.4, -0.2) is 19.7 Å². The summed E-state index contributed by atoms with van der Waals surface area (Å²) in [7, 11) is 0. The van der Waals surface area contributed by atoms with Crippen molar-refractivity contribution < 1.29 is 0 Å². The molecular weight excluding hydrogens is 326 g/mol. The topological polar surface area (TPSA) is 75.6 Å². The third-order valence-electron chi connectivity index (χ3n) is 4.20. The molecule has 2 heterocycles. The van der Waals surface area contributed by atoms with E-state index in [9.17, 15) is 4.79 Å². The van der Waals surface area contributed by atoms with E-state index in [4.69, 9.17) is 0 Å². The maximum absolute atomic E-state index is 11.4. The van der Waals surface area contributed by atoms with Gasteiger partial charge in [0, 0.05) is 30.1 Å². The lowest BCUT2D eigenvalue weighted by Crippen LogP contribution is -2.19. The molecule has 0 amide bonds. The number of rotatable bonds is 8. The Morgan fingerprint density at radius 2 is 1.96 bits per heavy atom. The molecule has 2 aromatic heterocycles. The average Bonchev–Trinajstić information content (AvgIpc) is 3.08. The first-order chi connectivity index (χ1) is 12.6. The van der Waals surface area contributed by atoms with Crippen LogP contribution >= 0.6 is 0 Å². The minimum Gasteiger partial charge on any atom is -0.309 e. The van der Waals surface area contributed by atoms with E-state index in [1.165, 1.54) is 24.5 Å². The molecular formula is C20H25N5O. The molecule has 0 fully saturated rings. The van der Waals surface area contributed by atoms with Crippen LogP contribution in [0.2, 0.25) is 0 Å². The fourth-order valence-corrected chi connectivity index (χ4v) is 2.84. The van der Waals surface area contributed by atoms with Gasteiger partial charge in [0.2, 0.25) is 0 Å². The van der Waals surface area contributed by atoms with Crippen molar-refractivity contribution in [3.63, 3.8) is 0 Å². The molecule has 0 aliphatic heterocycles. The Kier molecular flexibility index (Phi) is 5.96. The summed E-state index contributed by atoms with van der Waals surface area (Å²) in [6.07, 6.45) is 7.42. The molecule has 2 N–H and O–H groups in total. The van der Waals surface area contributed by atoms with Crippen molar-refractivity contribution >= 4 is 0 Å². The van der Waals surface area contributed by atoms with Gasteiger partial charge in [-0.05, 0) is 37.5 Å². The molecule has 0 spiro atoms. The molecule has 0 atom stereocenters. The summed E-state index contributed by atoms with van der Waals surface area (Å²) in [6.45, 7) is 5.19. The standard InChI is InChI=1S/C20H25N5O/c1-3-4-5-16-6-8-18(9-7-16)25-14-17(12-22-25)11-21-13-19-23-15(2)10-20(26)24-19/h6-10,12,14,21H,3-5,11,13H2,1-2H3,(H,23,24,26). The zero-order valence-corrected chi connectivity index (χ0v) is 15.3. The van der Waals surface area contributed by atoms with Crippen molar-refractivity contribution in [1.29, 1.82) is 0 Å². The molecule has 136 valence electrons. The van der Waals surface area contributed by atoms with Gasteiger partial charge in [0.1, 0.15) is 5.82 Å². The zero-order chi connectivity index (χ0) is 18.4. The lowest BCUT2D eigenvalue weighted by molar-refractivity contribution is 0.657. The second-order valence-electron chi connectivity index (χ2n) is 6.50. The van der Waals surface area contributed by atoms with Crippen LogP contribution in [0.15, 0.2) is 47.5 Å². The van der Waals surface area contributed by atoms with Gasteiger partial charge in [-0.3, -0.25) is 4.79 Å². The van der Waals surface area contributed by atoms with Crippen LogP contribution in [0.1, 0.15) is 42.4 Å². The predicted molar refractivity (Wildman–Crippen MR) is 102 cm³/mol. The number of nitrogens with zero attached hydrogens (tertiary/aromatic N) is 3. The van der Waals surface area contributed by atoms with E-state index in [-0.39, 0.29) is 5.56 Å². The Balaban J connectivity index is 1.56. The van der Waals surface area contributed by atoms with E-state index in [0.29, 0.717) is 18.9 Å². The Morgan fingerprint density at radius 3 is 2.69 bits per heavy atom. The highest BCUT2D eigenvalue weighted by Gasteiger charge is 2.03. The van der Waals surface area contributed by atoms with Crippen LogP contribution in [0, 0.1) is 6.92 Å². The largest absolute Gasteiger partial charge is 0.309 e. The van der Waals surface area contributed by atoms with E-state index in [1.807, 2.05) is 24.0 Å². The van der Waals surface area contributed by atoms with E-state index < -0.39 is 0 Å². The number of aryl methyl sites for hydroxylation is 2. The molecule has 3 aromatic rings. The van der Waals surface area contributed by atoms with E-state index in [0.717, 1.165) is 23.4 Å². The summed E-state index contributed by atoms with van der Waals surface area (Å²) in [5, 5.41) is 7.72. The number of benzene rings is 1. The number of hydrogen-bond acceptors (Lipinski definition) is 4. The van der Waals surface area contributed by atoms with Crippen molar-refractivity contribution in [2.75, 3.05) is 0 Å². The van der Waals surface area contributed by atoms with Gasteiger partial charge in [0.25, 0.3) is 5.56 Å². The first-order valence-electron chi connectivity index (χ1n) is 9.04. The smallest absolute Gasteiger partial charge is 0.251 e. The Bertz CT molecular complexity index is 895. The van der Waals surface area contributed by atoms with Crippen molar-refractivity contribution in [1.82, 2.24) is 25.1 Å². The second kappa shape index (κ2) is 8.58. The van der Waals surface area contributed by atoms with Gasteiger partial charge in [0.05, 0.1) is 18.4 Å². The van der Waals surface area contributed by atoms with Gasteiger partial charge in [-0.1, -0.05) is 25.5 Å². The van der Waals surface area contributed by atoms with Crippen LogP contribution in [0.5, 0.6) is 0 Å². The number of aromatic amines is 1. The van der Waals surface area contributed by atoms with Crippen LogP contribution in [-0.2, 0) is 19.5 Å². The summed E-state index contributed by atoms with van der Waals surface area (Å²) in [4.78, 5) is 18.5. The maximum Gasteiger partial charge on any atom is 0.251 e. The summed E-state index contributed by atoms with van der Waals surface area (Å²) in [5.41, 5.74) is 4.10. The number of H-pyrrole nitrogens is 1. The minimum atomic E-state index is -0.121. The zero-order valence-electron chi connectivity index (χ0n) is 15.3. The molecule has 0 radical (unpaired) electrons. The first kappa shape index (κ1) is 18.1. The molecule has 0 saturated carbocycles. The summed E-state index contributed by atoms with van der Waals surface area (Å²) in [5.74, 6) is 0.644. The lowest BCUT2D eigenvalue weighted by atomic mass is 10.1. The lowest BCUT2D eigenvalue weighted by Gasteiger charge is -2.04. The Hall–Kier alpha value is -2.73. The van der Waals surface area contributed by atoms with E-state index in [1.54, 1.807) is 0 Å². The molecule has 6 heteroatoms. The van der Waals surface area contributed by atoms with Gasteiger partial charge < -0.3 is 10.3 Å². The van der Waals surface area contributed by atoms with Crippen molar-refractivity contribution in [2.45, 2.75) is 46.2 Å². The number of unbranched alkanes of at least 4 members (excludes halogenated alkanes) is 1. The normalized spacial score (nSPS) is 11.0. The van der Waals surface area contributed by atoms with Gasteiger partial charge in [-0.2, -0.15) is 5.10 Å². The van der Waals surface area contributed by atoms with Gasteiger partial charge >= 0.3 is 0 Å². The molecule has 26 heavy (non-hydrogen) atoms. The van der Waals surface area contributed by atoms with Crippen molar-refractivity contribution in [3.05, 3.63) is 75.7 Å². The molecule has 0 unspecified atom stereocenters. The molecule has 1 aromatic carbocycles. The molecule has 6 nitrogen and oxygen atoms in total. The Morgan fingerprint density at radius 1 is 1.15 bits per heavy atom. The summed E-state index contributed by atoms with van der Waals surface area (Å²) in [6, 6.07) is 10.0. The summed E-state index contributed by atoms with van der Waals surface area (Å²) >= 11 is 0. The van der Waals surface area contributed by atoms with Gasteiger partial charge in [0.15, 0.2) is 0 Å². The third-order valence-corrected chi connectivity index (χ3v) is 4.20. The van der Waals surface area contributed by atoms with Crippen molar-refractivity contribution in [3.8, 4) is 5.69 Å². The molecule has 3 rings (SSSR count). The number of aromatic nitrogens is 4. The maximum atomic E-state index is 11.4. The van der Waals surface area contributed by atoms with Crippen LogP contribution in [0.3, 0.4) is 0 Å². The summed E-state index contributed by atoms with van der Waals surface area (Å²) < 4.78 is 1.88. The highest BCUT2D eigenvalue weighted by atomic mass is 16.1. The predicted octanol–water partition coefficient (Wildman–Crippen LogP) is 2.90. The van der Waals surface area contributed by atoms with E-state index in [2.05, 4.69) is 51.6 Å². The monoisotopic (exact) mass is 351 g/mol. The molecule has 0 aliphatic carbocycles. The SMILES string of the molecule is CCCCc1ccc(-n2cc(CNCc3nc(C)cc(=O)[nH]3)cn2)cc1.